The van der Waals surface area contributed by atoms with E-state index in [4.69, 9.17) is 39.5 Å². The number of hydrogen-bond donors (Lipinski definition) is 0. The van der Waals surface area contributed by atoms with Crippen molar-refractivity contribution in [3.63, 3.8) is 0 Å². The van der Waals surface area contributed by atoms with Crippen LogP contribution in [0.5, 0.6) is 0 Å². The lowest BCUT2D eigenvalue weighted by atomic mass is 10.1. The molecule has 14 heavy (non-hydrogen) atoms. The van der Waals surface area contributed by atoms with Gasteiger partial charge in [-0.05, 0) is 6.92 Å². The summed E-state index contributed by atoms with van der Waals surface area (Å²) >= 11 is 16.6. The van der Waals surface area contributed by atoms with Gasteiger partial charge in [0.15, 0.2) is 5.76 Å². The van der Waals surface area contributed by atoms with Gasteiger partial charge in [-0.25, -0.2) is 0 Å². The predicted molar refractivity (Wildman–Crippen MR) is 53.3 cm³/mol. The molecule has 1 rings (SSSR count). The first-order chi connectivity index (χ1) is 6.50. The quantitative estimate of drug-likeness (QED) is 0.711. The molecule has 0 saturated heterocycles. The molecule has 0 atom stereocenters. The molecular weight excluding hydrogens is 250 g/mol. The zero-order valence-corrected chi connectivity index (χ0v) is 9.33. The zero-order chi connectivity index (χ0) is 10.9. The minimum Gasteiger partial charge on any atom is -0.488 e. The van der Waals surface area contributed by atoms with Crippen LogP contribution in [-0.2, 0) is 14.3 Å². The molecule has 0 fully saturated rings. The van der Waals surface area contributed by atoms with E-state index in [0.29, 0.717) is 0 Å². The second-order valence-electron chi connectivity index (χ2n) is 2.36. The highest BCUT2D eigenvalue weighted by Crippen LogP contribution is 2.31. The lowest BCUT2D eigenvalue weighted by Crippen LogP contribution is -2.19. The number of halogens is 3. The summed E-state index contributed by atoms with van der Waals surface area (Å²) in [5.74, 6) is -1.60. The van der Waals surface area contributed by atoms with E-state index in [0.717, 1.165) is 0 Å². The molecule has 76 valence electrons. The van der Waals surface area contributed by atoms with Crippen molar-refractivity contribution in [2.75, 3.05) is 6.61 Å². The summed E-state index contributed by atoms with van der Waals surface area (Å²) in [4.78, 5) is 22.7. The Hall–Kier alpha value is -0.510. The summed E-state index contributed by atoms with van der Waals surface area (Å²) < 4.78 is 4.90. The molecular formula is C8H5Cl3O3. The average molecular weight is 255 g/mol. The molecule has 0 N–H and O–H groups in total. The van der Waals surface area contributed by atoms with Crippen LogP contribution in [0.4, 0.5) is 0 Å². The zero-order valence-electron chi connectivity index (χ0n) is 7.07. The number of carbonyl (C=O) groups excluding carboxylic acids is 2. The number of Topliss-reactive ketones (excluding diaryl/α,β-unsaturated/α-hetero) is 2. The number of ketones is 2. The van der Waals surface area contributed by atoms with E-state index >= 15 is 0 Å². The maximum Gasteiger partial charge on any atom is 0.242 e. The fraction of sp³-hybridized carbons (Fsp3) is 0.250. The topological polar surface area (TPSA) is 43.4 Å². The Morgan fingerprint density at radius 2 is 1.50 bits per heavy atom. The minimum absolute atomic E-state index is 0.215. The number of rotatable bonds is 2. The fourth-order valence-corrected chi connectivity index (χ4v) is 1.51. The Bertz CT molecular complexity index is 368. The van der Waals surface area contributed by atoms with Crippen molar-refractivity contribution in [3.8, 4) is 0 Å². The van der Waals surface area contributed by atoms with Crippen LogP contribution in [0.3, 0.4) is 0 Å². The Balaban J connectivity index is 3.19. The third-order valence-electron chi connectivity index (χ3n) is 1.49. The van der Waals surface area contributed by atoms with Gasteiger partial charge < -0.3 is 4.74 Å². The smallest absolute Gasteiger partial charge is 0.242 e. The van der Waals surface area contributed by atoms with Crippen LogP contribution < -0.4 is 0 Å². The molecule has 0 radical (unpaired) electrons. The summed E-state index contributed by atoms with van der Waals surface area (Å²) in [5, 5.41) is -1.05. The monoisotopic (exact) mass is 254 g/mol. The second kappa shape index (κ2) is 4.34. The molecule has 1 aliphatic carbocycles. The van der Waals surface area contributed by atoms with E-state index in [9.17, 15) is 9.59 Å². The van der Waals surface area contributed by atoms with Crippen molar-refractivity contribution < 1.29 is 14.3 Å². The second-order valence-corrected chi connectivity index (χ2v) is 3.50. The molecule has 1 aliphatic rings. The highest BCUT2D eigenvalue weighted by molar-refractivity contribution is 6.64. The van der Waals surface area contributed by atoms with Crippen molar-refractivity contribution in [2.45, 2.75) is 6.92 Å². The molecule has 6 heteroatoms. The summed E-state index contributed by atoms with van der Waals surface area (Å²) in [5.41, 5.74) is 0. The molecule has 3 nitrogen and oxygen atoms in total. The van der Waals surface area contributed by atoms with Crippen molar-refractivity contribution in [1.82, 2.24) is 0 Å². The lowest BCUT2D eigenvalue weighted by Gasteiger charge is -2.14. The lowest BCUT2D eigenvalue weighted by molar-refractivity contribution is -0.117. The molecule has 0 heterocycles. The van der Waals surface area contributed by atoms with E-state index in [1.165, 1.54) is 0 Å². The number of allylic oxidation sites excluding steroid dienone is 3. The summed E-state index contributed by atoms with van der Waals surface area (Å²) in [7, 11) is 0. The van der Waals surface area contributed by atoms with Gasteiger partial charge in [-0.3, -0.25) is 9.59 Å². The molecule has 0 bridgehead atoms. The molecule has 0 aliphatic heterocycles. The van der Waals surface area contributed by atoms with Crippen molar-refractivity contribution in [3.05, 3.63) is 20.9 Å². The van der Waals surface area contributed by atoms with Crippen molar-refractivity contribution in [2.24, 2.45) is 0 Å². The predicted octanol–water partition coefficient (Wildman–Crippen LogP) is 2.31. The van der Waals surface area contributed by atoms with Crippen LogP contribution in [0.15, 0.2) is 20.9 Å². The van der Waals surface area contributed by atoms with Gasteiger partial charge >= 0.3 is 0 Å². The number of ether oxygens (including phenoxy) is 1. The summed E-state index contributed by atoms with van der Waals surface area (Å²) in [6.07, 6.45) is 0. The maximum absolute atomic E-state index is 11.4. The first-order valence-electron chi connectivity index (χ1n) is 3.68. The Morgan fingerprint density at radius 3 is 2.00 bits per heavy atom. The van der Waals surface area contributed by atoms with Crippen molar-refractivity contribution in [1.29, 1.82) is 0 Å². The van der Waals surface area contributed by atoms with E-state index in [1.807, 2.05) is 0 Å². The van der Waals surface area contributed by atoms with E-state index in [2.05, 4.69) is 0 Å². The largest absolute Gasteiger partial charge is 0.488 e. The normalized spacial score (nSPS) is 18.0. The Kier molecular flexibility index (Phi) is 3.59. The molecule has 0 saturated carbocycles. The SMILES string of the molecule is CCOC1=C(Cl)C(=O)C(Cl)=C(Cl)C1=O. The van der Waals surface area contributed by atoms with Gasteiger partial charge in [0, 0.05) is 0 Å². The third kappa shape index (κ3) is 1.80. The van der Waals surface area contributed by atoms with Crippen LogP contribution in [-0.4, -0.2) is 18.2 Å². The van der Waals surface area contributed by atoms with Crippen molar-refractivity contribution >= 4 is 46.4 Å². The first kappa shape index (κ1) is 11.6. The van der Waals surface area contributed by atoms with Gasteiger partial charge in [0.1, 0.15) is 15.1 Å². The number of carbonyl (C=O) groups is 2. The average Bonchev–Trinajstić information content (AvgIpc) is 2.19. The fourth-order valence-electron chi connectivity index (χ4n) is 0.871. The van der Waals surface area contributed by atoms with E-state index < -0.39 is 11.6 Å². The maximum atomic E-state index is 11.4. The summed E-state index contributed by atoms with van der Waals surface area (Å²) in [6, 6.07) is 0. The van der Waals surface area contributed by atoms with Crippen LogP contribution >= 0.6 is 34.8 Å². The molecule has 0 unspecified atom stereocenters. The van der Waals surface area contributed by atoms with Crippen LogP contribution in [0.25, 0.3) is 0 Å². The molecule has 0 aromatic rings. The van der Waals surface area contributed by atoms with Crippen LogP contribution in [0, 0.1) is 0 Å². The highest BCUT2D eigenvalue weighted by atomic mass is 35.5. The Labute approximate surface area is 95.3 Å². The van der Waals surface area contributed by atoms with E-state index in [-0.39, 0.29) is 27.5 Å². The van der Waals surface area contributed by atoms with Crippen LogP contribution in [0.2, 0.25) is 0 Å². The van der Waals surface area contributed by atoms with Gasteiger partial charge in [0.05, 0.1) is 6.61 Å². The first-order valence-corrected chi connectivity index (χ1v) is 4.81. The molecule has 0 aromatic heterocycles. The van der Waals surface area contributed by atoms with Gasteiger partial charge in [-0.15, -0.1) is 0 Å². The Morgan fingerprint density at radius 1 is 1.00 bits per heavy atom. The summed E-state index contributed by atoms with van der Waals surface area (Å²) in [6.45, 7) is 1.87. The number of hydrogen-bond acceptors (Lipinski definition) is 3. The molecule has 0 amide bonds. The van der Waals surface area contributed by atoms with Gasteiger partial charge in [-0.1, -0.05) is 34.8 Å². The van der Waals surface area contributed by atoms with Gasteiger partial charge in [-0.2, -0.15) is 0 Å². The highest BCUT2D eigenvalue weighted by Gasteiger charge is 2.33. The minimum atomic E-state index is -0.693. The van der Waals surface area contributed by atoms with Gasteiger partial charge in [0.2, 0.25) is 11.6 Å². The van der Waals surface area contributed by atoms with Gasteiger partial charge in [0.25, 0.3) is 0 Å². The van der Waals surface area contributed by atoms with E-state index in [1.54, 1.807) is 6.92 Å². The molecule has 0 spiro atoms. The standard InChI is InChI=1S/C8H5Cl3O3/c1-2-14-8-5(11)6(12)3(9)4(10)7(8)13/h2H2,1H3. The molecule has 0 aromatic carbocycles. The third-order valence-corrected chi connectivity index (χ3v) is 2.65. The van der Waals surface area contributed by atoms with Crippen LogP contribution in [0.1, 0.15) is 6.92 Å².